The molecule has 2 aromatic heterocycles. The lowest BCUT2D eigenvalue weighted by molar-refractivity contribution is 0.0954. The molecule has 0 fully saturated rings. The summed E-state index contributed by atoms with van der Waals surface area (Å²) in [6, 6.07) is 1.87. The minimum absolute atomic E-state index is 0.145. The first-order valence-corrected chi connectivity index (χ1v) is 6.53. The Kier molecular flexibility index (Phi) is 4.65. The number of aromatic nitrogens is 4. The Labute approximate surface area is 117 Å². The van der Waals surface area contributed by atoms with Crippen LogP contribution in [0.2, 0.25) is 0 Å². The van der Waals surface area contributed by atoms with E-state index in [1.807, 2.05) is 19.9 Å². The number of nitrogens with one attached hydrogen (secondary N) is 3. The number of aryl methyl sites for hydroxylation is 1. The number of rotatable bonds is 6. The van der Waals surface area contributed by atoms with Gasteiger partial charge in [-0.25, -0.2) is 4.98 Å². The number of hydrogen-bond acceptors (Lipinski definition) is 5. The molecule has 2 rings (SSSR count). The normalized spacial score (nSPS) is 10.3. The van der Waals surface area contributed by atoms with Crippen molar-refractivity contribution in [1.29, 1.82) is 0 Å². The van der Waals surface area contributed by atoms with Crippen LogP contribution in [0.4, 0.5) is 5.69 Å². The van der Waals surface area contributed by atoms with Gasteiger partial charge in [-0.05, 0) is 19.9 Å². The molecule has 0 aromatic carbocycles. The Balaban J connectivity index is 1.97. The van der Waals surface area contributed by atoms with Gasteiger partial charge in [0, 0.05) is 31.4 Å². The van der Waals surface area contributed by atoms with Crippen LogP contribution in [0, 0.1) is 6.92 Å². The number of anilines is 1. The second-order valence-corrected chi connectivity index (χ2v) is 4.34. The molecule has 0 bridgehead atoms. The van der Waals surface area contributed by atoms with Gasteiger partial charge < -0.3 is 10.6 Å². The van der Waals surface area contributed by atoms with E-state index in [1.54, 1.807) is 6.20 Å². The summed E-state index contributed by atoms with van der Waals surface area (Å²) in [4.78, 5) is 20.3. The highest BCUT2D eigenvalue weighted by Gasteiger charge is 2.11. The lowest BCUT2D eigenvalue weighted by Gasteiger charge is -2.11. The van der Waals surface area contributed by atoms with Gasteiger partial charge in [0.2, 0.25) is 0 Å². The molecule has 0 atom stereocenters. The zero-order chi connectivity index (χ0) is 14.4. The van der Waals surface area contributed by atoms with E-state index in [1.165, 1.54) is 6.33 Å². The molecule has 0 unspecified atom stereocenters. The smallest absolute Gasteiger partial charge is 0.254 e. The maximum atomic E-state index is 12.1. The molecule has 7 nitrogen and oxygen atoms in total. The fraction of sp³-hybridized carbons (Fsp3) is 0.385. The number of amides is 1. The summed E-state index contributed by atoms with van der Waals surface area (Å²) < 4.78 is 0. The van der Waals surface area contributed by atoms with Crippen LogP contribution < -0.4 is 10.6 Å². The zero-order valence-electron chi connectivity index (χ0n) is 11.6. The molecule has 0 aliphatic rings. The van der Waals surface area contributed by atoms with Crippen LogP contribution in [-0.2, 0) is 6.42 Å². The molecule has 1 amide bonds. The van der Waals surface area contributed by atoms with Crippen molar-refractivity contribution < 1.29 is 4.79 Å². The Morgan fingerprint density at radius 2 is 2.25 bits per heavy atom. The number of H-pyrrole nitrogens is 1. The highest BCUT2D eigenvalue weighted by Crippen LogP contribution is 2.15. The summed E-state index contributed by atoms with van der Waals surface area (Å²) in [6.07, 6.45) is 3.66. The largest absolute Gasteiger partial charge is 0.385 e. The van der Waals surface area contributed by atoms with Gasteiger partial charge in [0.1, 0.15) is 12.2 Å². The summed E-state index contributed by atoms with van der Waals surface area (Å²) in [6.45, 7) is 5.13. The molecule has 0 saturated carbocycles. The maximum absolute atomic E-state index is 12.1. The minimum atomic E-state index is -0.145. The van der Waals surface area contributed by atoms with Crippen LogP contribution in [0.5, 0.6) is 0 Å². The first-order chi connectivity index (χ1) is 9.70. The van der Waals surface area contributed by atoms with Crippen molar-refractivity contribution in [1.82, 2.24) is 25.5 Å². The third kappa shape index (κ3) is 3.53. The molecule has 0 spiro atoms. The second-order valence-electron chi connectivity index (χ2n) is 4.34. The van der Waals surface area contributed by atoms with Crippen molar-refractivity contribution in [3.8, 4) is 0 Å². The Morgan fingerprint density at radius 1 is 1.40 bits per heavy atom. The van der Waals surface area contributed by atoms with Crippen molar-refractivity contribution in [3.63, 3.8) is 0 Å². The molecule has 2 aromatic rings. The van der Waals surface area contributed by atoms with Crippen LogP contribution in [-0.4, -0.2) is 39.2 Å². The Morgan fingerprint density at radius 3 is 2.95 bits per heavy atom. The minimum Gasteiger partial charge on any atom is -0.385 e. The van der Waals surface area contributed by atoms with Crippen molar-refractivity contribution in [3.05, 3.63) is 35.7 Å². The lowest BCUT2D eigenvalue weighted by atomic mass is 10.2. The molecule has 7 heteroatoms. The SMILES string of the molecule is CCNc1cc(C)ncc1C(=O)NCCc1ncn[nH]1. The molecule has 0 saturated heterocycles. The standard InChI is InChI=1S/C13H18N6O/c1-3-14-11-6-9(2)16-7-10(11)13(20)15-5-4-12-17-8-18-19-12/h6-8H,3-5H2,1-2H3,(H,14,16)(H,15,20)(H,17,18,19). The summed E-state index contributed by atoms with van der Waals surface area (Å²) in [5.41, 5.74) is 2.23. The maximum Gasteiger partial charge on any atom is 0.254 e. The zero-order valence-corrected chi connectivity index (χ0v) is 11.6. The fourth-order valence-corrected chi connectivity index (χ4v) is 1.82. The van der Waals surface area contributed by atoms with E-state index in [2.05, 4.69) is 30.8 Å². The molecule has 3 N–H and O–H groups in total. The van der Waals surface area contributed by atoms with Crippen molar-refractivity contribution in [2.75, 3.05) is 18.4 Å². The number of pyridine rings is 1. The van der Waals surface area contributed by atoms with Crippen LogP contribution in [0.3, 0.4) is 0 Å². The first kappa shape index (κ1) is 14.0. The summed E-state index contributed by atoms with van der Waals surface area (Å²) in [5.74, 6) is 0.604. The predicted molar refractivity (Wildman–Crippen MR) is 75.6 cm³/mol. The Bertz CT molecular complexity index is 566. The van der Waals surface area contributed by atoms with Gasteiger partial charge >= 0.3 is 0 Å². The van der Waals surface area contributed by atoms with E-state index < -0.39 is 0 Å². The Hall–Kier alpha value is -2.44. The van der Waals surface area contributed by atoms with Gasteiger partial charge in [-0.1, -0.05) is 0 Å². The van der Waals surface area contributed by atoms with Crippen LogP contribution >= 0.6 is 0 Å². The molecule has 106 valence electrons. The summed E-state index contributed by atoms with van der Waals surface area (Å²) >= 11 is 0. The van der Waals surface area contributed by atoms with Gasteiger partial charge in [0.25, 0.3) is 5.91 Å². The molecule has 0 aliphatic heterocycles. The summed E-state index contributed by atoms with van der Waals surface area (Å²) in [5, 5.41) is 12.5. The van der Waals surface area contributed by atoms with E-state index in [0.29, 0.717) is 18.5 Å². The number of hydrogen-bond donors (Lipinski definition) is 3. The quantitative estimate of drug-likeness (QED) is 0.727. The third-order valence-corrected chi connectivity index (χ3v) is 2.76. The third-order valence-electron chi connectivity index (χ3n) is 2.76. The first-order valence-electron chi connectivity index (χ1n) is 6.53. The molecule has 0 radical (unpaired) electrons. The highest BCUT2D eigenvalue weighted by molar-refractivity contribution is 5.99. The van der Waals surface area contributed by atoms with Gasteiger partial charge in [-0.3, -0.25) is 14.9 Å². The second kappa shape index (κ2) is 6.65. The van der Waals surface area contributed by atoms with Gasteiger partial charge in [0.05, 0.1) is 11.3 Å². The molecule has 20 heavy (non-hydrogen) atoms. The van der Waals surface area contributed by atoms with Crippen molar-refractivity contribution >= 4 is 11.6 Å². The average molecular weight is 274 g/mol. The number of carbonyl (C=O) groups is 1. The fourth-order valence-electron chi connectivity index (χ4n) is 1.82. The van der Waals surface area contributed by atoms with E-state index in [-0.39, 0.29) is 5.91 Å². The molecular formula is C13H18N6O. The van der Waals surface area contributed by atoms with E-state index >= 15 is 0 Å². The topological polar surface area (TPSA) is 95.6 Å². The number of aromatic amines is 1. The van der Waals surface area contributed by atoms with Gasteiger partial charge in [-0.2, -0.15) is 5.10 Å². The van der Waals surface area contributed by atoms with E-state index in [9.17, 15) is 4.79 Å². The van der Waals surface area contributed by atoms with E-state index in [0.717, 1.165) is 23.8 Å². The van der Waals surface area contributed by atoms with Gasteiger partial charge in [-0.15, -0.1) is 0 Å². The number of carbonyl (C=O) groups excluding carboxylic acids is 1. The molecular weight excluding hydrogens is 256 g/mol. The van der Waals surface area contributed by atoms with Crippen molar-refractivity contribution in [2.45, 2.75) is 20.3 Å². The molecule has 0 aliphatic carbocycles. The highest BCUT2D eigenvalue weighted by atomic mass is 16.1. The predicted octanol–water partition coefficient (Wildman–Crippen LogP) is 0.912. The van der Waals surface area contributed by atoms with Gasteiger partial charge in [0.15, 0.2) is 0 Å². The van der Waals surface area contributed by atoms with Crippen molar-refractivity contribution in [2.24, 2.45) is 0 Å². The molecule has 2 heterocycles. The number of nitrogens with zero attached hydrogens (tertiary/aromatic N) is 3. The summed E-state index contributed by atoms with van der Waals surface area (Å²) in [7, 11) is 0. The van der Waals surface area contributed by atoms with Crippen LogP contribution in [0.1, 0.15) is 28.8 Å². The van der Waals surface area contributed by atoms with E-state index in [4.69, 9.17) is 0 Å². The van der Waals surface area contributed by atoms with Crippen LogP contribution in [0.25, 0.3) is 0 Å². The van der Waals surface area contributed by atoms with Crippen LogP contribution in [0.15, 0.2) is 18.6 Å². The lowest BCUT2D eigenvalue weighted by Crippen LogP contribution is -2.27. The average Bonchev–Trinajstić information content (AvgIpc) is 2.92. The monoisotopic (exact) mass is 274 g/mol.